The molecule has 0 aliphatic carbocycles. The normalized spacial score (nSPS) is 12.0. The van der Waals surface area contributed by atoms with Gasteiger partial charge in [-0.2, -0.15) is 10.4 Å². The molecule has 2 aromatic carbocycles. The summed E-state index contributed by atoms with van der Waals surface area (Å²) >= 11 is 0. The van der Waals surface area contributed by atoms with E-state index in [1.165, 1.54) is 6.26 Å². The predicted octanol–water partition coefficient (Wildman–Crippen LogP) is 4.78. The van der Waals surface area contributed by atoms with Crippen LogP contribution in [0.25, 0.3) is 33.0 Å². The Labute approximate surface area is 177 Å². The van der Waals surface area contributed by atoms with E-state index in [0.29, 0.717) is 27.9 Å². The molecule has 3 heterocycles. The predicted molar refractivity (Wildman–Crippen MR) is 119 cm³/mol. The van der Waals surface area contributed by atoms with Gasteiger partial charge in [0, 0.05) is 11.4 Å². The maximum atomic E-state index is 13.2. The molecule has 3 aromatic heterocycles. The van der Waals surface area contributed by atoms with Crippen LogP contribution in [-0.2, 0) is 0 Å². The molecule has 0 radical (unpaired) electrons. The summed E-state index contributed by atoms with van der Waals surface area (Å²) in [5.41, 5.74) is 3.90. The van der Waals surface area contributed by atoms with Gasteiger partial charge in [0.2, 0.25) is 5.43 Å². The quantitative estimate of drug-likeness (QED) is 0.444. The number of nitriles is 1. The van der Waals surface area contributed by atoms with Gasteiger partial charge in [-0.1, -0.05) is 24.3 Å². The van der Waals surface area contributed by atoms with Gasteiger partial charge in [0.15, 0.2) is 5.58 Å². The Balaban J connectivity index is 1.52. The lowest BCUT2D eigenvalue weighted by molar-refractivity contribution is 0.603. The second-order valence-corrected chi connectivity index (χ2v) is 7.32. The molecule has 0 saturated carbocycles. The Kier molecular flexibility index (Phi) is 4.45. The van der Waals surface area contributed by atoms with Gasteiger partial charge in [-0.3, -0.25) is 9.89 Å². The molecular weight excluding hydrogens is 390 g/mol. The second kappa shape index (κ2) is 7.43. The third-order valence-electron chi connectivity index (χ3n) is 5.29. The van der Waals surface area contributed by atoms with Crippen molar-refractivity contribution in [2.24, 2.45) is 0 Å². The Morgan fingerprint density at radius 2 is 2.06 bits per heavy atom. The molecule has 150 valence electrons. The van der Waals surface area contributed by atoms with Crippen LogP contribution in [-0.4, -0.2) is 15.2 Å². The van der Waals surface area contributed by atoms with Crippen molar-refractivity contribution in [3.63, 3.8) is 0 Å². The summed E-state index contributed by atoms with van der Waals surface area (Å²) in [5, 5.41) is 20.8. The van der Waals surface area contributed by atoms with E-state index in [0.717, 1.165) is 22.0 Å². The van der Waals surface area contributed by atoms with E-state index in [4.69, 9.17) is 9.68 Å². The SMILES string of the molecule is CC(Nc1cc2c(=O)c(-c3ccc4cn[nH]c4c3)coc2cn1)c1cccc(C#N)c1. The molecule has 7 nitrogen and oxygen atoms in total. The van der Waals surface area contributed by atoms with Gasteiger partial charge in [0.1, 0.15) is 12.1 Å². The van der Waals surface area contributed by atoms with Gasteiger partial charge in [-0.25, -0.2) is 4.98 Å². The van der Waals surface area contributed by atoms with Crippen molar-refractivity contribution >= 4 is 27.7 Å². The van der Waals surface area contributed by atoms with Gasteiger partial charge in [-0.05, 0) is 42.3 Å². The number of nitrogens with one attached hydrogen (secondary N) is 2. The number of rotatable bonds is 4. The maximum Gasteiger partial charge on any atom is 0.200 e. The van der Waals surface area contributed by atoms with Crippen LogP contribution in [0.5, 0.6) is 0 Å². The summed E-state index contributed by atoms with van der Waals surface area (Å²) < 4.78 is 5.69. The number of aromatic amines is 1. The van der Waals surface area contributed by atoms with Crippen molar-refractivity contribution in [3.8, 4) is 17.2 Å². The van der Waals surface area contributed by atoms with Crippen LogP contribution in [0.15, 0.2) is 76.4 Å². The Morgan fingerprint density at radius 1 is 1.16 bits per heavy atom. The van der Waals surface area contributed by atoms with Gasteiger partial charge < -0.3 is 9.73 Å². The van der Waals surface area contributed by atoms with Crippen LogP contribution in [0.3, 0.4) is 0 Å². The minimum absolute atomic E-state index is 0.101. The Bertz CT molecular complexity index is 1530. The molecule has 0 aliphatic heterocycles. The molecule has 0 aliphatic rings. The number of nitrogens with zero attached hydrogens (tertiary/aromatic N) is 3. The molecule has 31 heavy (non-hydrogen) atoms. The summed E-state index contributed by atoms with van der Waals surface area (Å²) in [6.45, 7) is 1.97. The summed E-state index contributed by atoms with van der Waals surface area (Å²) in [6, 6.07) is 16.8. The van der Waals surface area contributed by atoms with Gasteiger partial charge in [0.05, 0.1) is 40.5 Å². The summed E-state index contributed by atoms with van der Waals surface area (Å²) in [4.78, 5) is 17.6. The van der Waals surface area contributed by atoms with Crippen molar-refractivity contribution in [2.45, 2.75) is 13.0 Å². The summed E-state index contributed by atoms with van der Waals surface area (Å²) in [7, 11) is 0. The first-order chi connectivity index (χ1) is 15.1. The van der Waals surface area contributed by atoms with Crippen LogP contribution in [0, 0.1) is 11.3 Å². The van der Waals surface area contributed by atoms with Crippen molar-refractivity contribution in [1.82, 2.24) is 15.2 Å². The van der Waals surface area contributed by atoms with E-state index in [-0.39, 0.29) is 11.5 Å². The Hall–Kier alpha value is -4.44. The van der Waals surface area contributed by atoms with Crippen molar-refractivity contribution in [3.05, 3.63) is 88.5 Å². The number of benzene rings is 2. The minimum Gasteiger partial charge on any atom is -0.462 e. The Morgan fingerprint density at radius 3 is 2.94 bits per heavy atom. The van der Waals surface area contributed by atoms with Crippen LogP contribution in [0.4, 0.5) is 5.82 Å². The number of anilines is 1. The third kappa shape index (κ3) is 3.40. The van der Waals surface area contributed by atoms with E-state index in [9.17, 15) is 4.79 Å². The van der Waals surface area contributed by atoms with Crippen molar-refractivity contribution < 1.29 is 4.42 Å². The first kappa shape index (κ1) is 18.6. The fraction of sp³-hybridized carbons (Fsp3) is 0.0833. The number of aromatic nitrogens is 3. The second-order valence-electron chi connectivity index (χ2n) is 7.32. The zero-order valence-corrected chi connectivity index (χ0v) is 16.6. The molecular formula is C24H17N5O2. The highest BCUT2D eigenvalue weighted by molar-refractivity contribution is 5.87. The fourth-order valence-electron chi connectivity index (χ4n) is 3.60. The molecule has 0 bridgehead atoms. The number of fused-ring (bicyclic) bond motifs is 2. The van der Waals surface area contributed by atoms with E-state index < -0.39 is 0 Å². The molecule has 0 amide bonds. The standard InChI is InChI=1S/C24H17N5O2/c1-14(16-4-2-3-15(7-16)10-25)28-23-9-19-22(12-26-23)31-13-20(24(19)30)17-5-6-18-11-27-29-21(18)8-17/h2-9,11-14H,1H3,(H,26,28)(H,27,29). The number of H-pyrrole nitrogens is 1. The summed E-state index contributed by atoms with van der Waals surface area (Å²) in [5.74, 6) is 0.552. The molecule has 2 N–H and O–H groups in total. The first-order valence-electron chi connectivity index (χ1n) is 9.74. The van der Waals surface area contributed by atoms with Gasteiger partial charge >= 0.3 is 0 Å². The van der Waals surface area contributed by atoms with Gasteiger partial charge in [-0.15, -0.1) is 0 Å². The van der Waals surface area contributed by atoms with Crippen molar-refractivity contribution in [2.75, 3.05) is 5.32 Å². The summed E-state index contributed by atoms with van der Waals surface area (Å²) in [6.07, 6.45) is 4.74. The molecule has 1 unspecified atom stereocenters. The fourth-order valence-corrected chi connectivity index (χ4v) is 3.60. The lowest BCUT2D eigenvalue weighted by Crippen LogP contribution is -2.10. The molecule has 7 heteroatoms. The van der Waals surface area contributed by atoms with E-state index in [2.05, 4.69) is 26.6 Å². The topological polar surface area (TPSA) is 108 Å². The smallest absolute Gasteiger partial charge is 0.200 e. The zero-order chi connectivity index (χ0) is 21.4. The lowest BCUT2D eigenvalue weighted by atomic mass is 10.0. The van der Waals surface area contributed by atoms with Gasteiger partial charge in [0.25, 0.3) is 0 Å². The highest BCUT2D eigenvalue weighted by atomic mass is 16.3. The highest BCUT2D eigenvalue weighted by Crippen LogP contribution is 2.25. The average Bonchev–Trinajstić information content (AvgIpc) is 3.27. The largest absolute Gasteiger partial charge is 0.462 e. The first-order valence-corrected chi connectivity index (χ1v) is 9.74. The number of hydrogen-bond donors (Lipinski definition) is 2. The van der Waals surface area contributed by atoms with Crippen LogP contribution in [0.1, 0.15) is 24.1 Å². The molecule has 5 rings (SSSR count). The third-order valence-corrected chi connectivity index (χ3v) is 5.29. The maximum absolute atomic E-state index is 13.2. The zero-order valence-electron chi connectivity index (χ0n) is 16.6. The van der Waals surface area contributed by atoms with E-state index in [1.54, 1.807) is 24.5 Å². The molecule has 0 spiro atoms. The van der Waals surface area contributed by atoms with E-state index in [1.807, 2.05) is 43.3 Å². The van der Waals surface area contributed by atoms with Crippen LogP contribution >= 0.6 is 0 Å². The van der Waals surface area contributed by atoms with E-state index >= 15 is 0 Å². The molecule has 1 atom stereocenters. The molecule has 0 fully saturated rings. The average molecular weight is 407 g/mol. The van der Waals surface area contributed by atoms with Crippen molar-refractivity contribution in [1.29, 1.82) is 5.26 Å². The monoisotopic (exact) mass is 407 g/mol. The minimum atomic E-state index is -0.135. The molecule has 5 aromatic rings. The number of pyridine rings is 1. The molecule has 0 saturated heterocycles. The lowest BCUT2D eigenvalue weighted by Gasteiger charge is -2.15. The highest BCUT2D eigenvalue weighted by Gasteiger charge is 2.13. The number of hydrogen-bond acceptors (Lipinski definition) is 6. The van der Waals surface area contributed by atoms with Crippen LogP contribution < -0.4 is 10.7 Å². The van der Waals surface area contributed by atoms with Crippen LogP contribution in [0.2, 0.25) is 0 Å².